The van der Waals surface area contributed by atoms with Gasteiger partial charge in [-0.25, -0.2) is 0 Å². The molecule has 0 saturated carbocycles. The topological polar surface area (TPSA) is 174 Å². The number of rotatable bonds is 13. The molecule has 4 atom stereocenters. The molecule has 6 N–H and O–H groups in total. The van der Waals surface area contributed by atoms with E-state index in [-0.39, 0.29) is 18.8 Å². The molecule has 0 aliphatic carbocycles. The van der Waals surface area contributed by atoms with E-state index in [0.29, 0.717) is 11.3 Å². The Balaban J connectivity index is 3.11. The van der Waals surface area contributed by atoms with Crippen molar-refractivity contribution in [3.05, 3.63) is 29.8 Å². The Bertz CT molecular complexity index is 856. The van der Waals surface area contributed by atoms with E-state index in [0.717, 1.165) is 0 Å². The fraction of sp³-hybridized carbons (Fsp3) is 0.571. The molecule has 0 saturated heterocycles. The van der Waals surface area contributed by atoms with Gasteiger partial charge in [0.1, 0.15) is 23.6 Å². The smallest absolute Gasteiger partial charge is 0.342 e. The zero-order valence-corrected chi connectivity index (χ0v) is 20.3. The van der Waals surface area contributed by atoms with E-state index in [2.05, 4.69) is 16.0 Å². The van der Waals surface area contributed by atoms with Crippen LogP contribution in [0.5, 0.6) is 5.75 Å². The molecule has 11 nitrogen and oxygen atoms in total. The van der Waals surface area contributed by atoms with Crippen LogP contribution in [0, 0.1) is 5.92 Å². The highest BCUT2D eigenvalue weighted by molar-refractivity contribution is 7.52. The second-order valence-corrected chi connectivity index (χ2v) is 10.2. The fourth-order valence-electron chi connectivity index (χ4n) is 2.97. The third-order valence-electron chi connectivity index (χ3n) is 4.93. The summed E-state index contributed by atoms with van der Waals surface area (Å²) in [5.41, 5.74) is 0.691. The molecule has 2 amide bonds. The van der Waals surface area contributed by atoms with Crippen LogP contribution in [0.3, 0.4) is 0 Å². The van der Waals surface area contributed by atoms with Crippen molar-refractivity contribution in [2.75, 3.05) is 7.11 Å². The summed E-state index contributed by atoms with van der Waals surface area (Å²) in [4.78, 5) is 55.8. The van der Waals surface area contributed by atoms with Gasteiger partial charge in [-0.05, 0) is 43.9 Å². The Kier molecular flexibility index (Phi) is 11.0. The maximum atomic E-state index is 13.0. The van der Waals surface area contributed by atoms with Crippen molar-refractivity contribution >= 4 is 25.4 Å². The summed E-state index contributed by atoms with van der Waals surface area (Å²) in [5.74, 6) is -3.20. The SMILES string of the molecule is COc1ccc(CC(NC(=O)[C@H](CC(C)C)N[C@H](C)P(=O)(O)O)C(=O)N[C@@H](C)C(=O)O)cc1. The Hall–Kier alpha value is -2.46. The third kappa shape index (κ3) is 9.91. The summed E-state index contributed by atoms with van der Waals surface area (Å²) in [7, 11) is -2.97. The molecule has 12 heteroatoms. The Morgan fingerprint density at radius 2 is 1.52 bits per heavy atom. The van der Waals surface area contributed by atoms with Crippen LogP contribution >= 0.6 is 7.60 Å². The highest BCUT2D eigenvalue weighted by Gasteiger charge is 2.32. The predicted octanol–water partition coefficient (Wildman–Crippen LogP) is 0.840. The van der Waals surface area contributed by atoms with E-state index in [1.54, 1.807) is 24.3 Å². The molecule has 0 heterocycles. The lowest BCUT2D eigenvalue weighted by atomic mass is 10.0. The van der Waals surface area contributed by atoms with Gasteiger partial charge in [0.05, 0.1) is 13.2 Å². The monoisotopic (exact) mass is 487 g/mol. The molecule has 0 aromatic heterocycles. The molecule has 0 aliphatic heterocycles. The second kappa shape index (κ2) is 12.7. The second-order valence-electron chi connectivity index (χ2n) is 8.30. The van der Waals surface area contributed by atoms with Gasteiger partial charge in [-0.1, -0.05) is 26.0 Å². The molecule has 0 bridgehead atoms. The normalized spacial score (nSPS) is 15.3. The first-order chi connectivity index (χ1) is 15.2. The van der Waals surface area contributed by atoms with Crippen molar-refractivity contribution in [1.82, 2.24) is 16.0 Å². The van der Waals surface area contributed by atoms with E-state index < -0.39 is 49.3 Å². The van der Waals surface area contributed by atoms with Gasteiger partial charge < -0.3 is 30.3 Å². The van der Waals surface area contributed by atoms with Gasteiger partial charge in [0, 0.05) is 6.42 Å². The quantitative estimate of drug-likeness (QED) is 0.220. The van der Waals surface area contributed by atoms with Gasteiger partial charge in [-0.3, -0.25) is 24.3 Å². The number of benzene rings is 1. The lowest BCUT2D eigenvalue weighted by molar-refractivity contribution is -0.141. The molecule has 1 aromatic carbocycles. The minimum absolute atomic E-state index is 0.0121. The number of carboxylic acid groups (broad SMARTS) is 1. The summed E-state index contributed by atoms with van der Waals surface area (Å²) in [6.07, 6.45) is 0.328. The number of carboxylic acids is 1. The summed E-state index contributed by atoms with van der Waals surface area (Å²) >= 11 is 0. The Morgan fingerprint density at radius 1 is 0.970 bits per heavy atom. The zero-order valence-electron chi connectivity index (χ0n) is 19.4. The number of amides is 2. The zero-order chi connectivity index (χ0) is 25.3. The molecule has 0 radical (unpaired) electrons. The van der Waals surface area contributed by atoms with Crippen LogP contribution in [-0.2, 0) is 25.4 Å². The van der Waals surface area contributed by atoms with Crippen molar-refractivity contribution in [3.8, 4) is 5.75 Å². The molecule has 186 valence electrons. The summed E-state index contributed by atoms with van der Waals surface area (Å²) < 4.78 is 16.7. The van der Waals surface area contributed by atoms with Crippen LogP contribution < -0.4 is 20.7 Å². The number of nitrogens with one attached hydrogen (secondary N) is 3. The van der Waals surface area contributed by atoms with Crippen LogP contribution in [-0.4, -0.2) is 63.7 Å². The lowest BCUT2D eigenvalue weighted by Crippen LogP contribution is -2.56. The van der Waals surface area contributed by atoms with E-state index in [1.165, 1.54) is 21.0 Å². The molecule has 1 rings (SSSR count). The van der Waals surface area contributed by atoms with Crippen LogP contribution in [0.15, 0.2) is 24.3 Å². The first-order valence-corrected chi connectivity index (χ1v) is 12.2. The van der Waals surface area contributed by atoms with Crippen molar-refractivity contribution < 1.29 is 38.6 Å². The first kappa shape index (κ1) is 28.6. The predicted molar refractivity (Wildman–Crippen MR) is 122 cm³/mol. The number of hydrogen-bond acceptors (Lipinski definition) is 6. The first-order valence-electron chi connectivity index (χ1n) is 10.5. The van der Waals surface area contributed by atoms with Gasteiger partial charge in [0.15, 0.2) is 0 Å². The third-order valence-corrected chi connectivity index (χ3v) is 6.09. The standard InChI is InChI=1S/C21H34N3O8P/c1-12(2)10-17(23-14(4)33(29,30)31)20(26)24-18(19(25)22-13(3)21(27)28)11-15-6-8-16(32-5)9-7-15/h6-9,12-14,17-18,23H,10-11H2,1-5H3,(H,22,25)(H,24,26)(H,27,28)(H2,29,30,31)/t13-,14-,17-,18?/m0/s1. The molecule has 0 spiro atoms. The maximum Gasteiger partial charge on any atom is 0.342 e. The molecule has 0 aliphatic rings. The number of aliphatic carboxylic acids is 1. The highest BCUT2D eigenvalue weighted by atomic mass is 31.2. The maximum absolute atomic E-state index is 13.0. The van der Waals surface area contributed by atoms with E-state index in [1.807, 2.05) is 13.8 Å². The van der Waals surface area contributed by atoms with Gasteiger partial charge in [0.25, 0.3) is 0 Å². The van der Waals surface area contributed by atoms with Gasteiger partial charge in [-0.2, -0.15) is 0 Å². The van der Waals surface area contributed by atoms with Crippen LogP contribution in [0.2, 0.25) is 0 Å². The minimum Gasteiger partial charge on any atom is -0.497 e. The van der Waals surface area contributed by atoms with Crippen LogP contribution in [0.4, 0.5) is 0 Å². The molecular formula is C21H34N3O8P. The van der Waals surface area contributed by atoms with E-state index in [9.17, 15) is 28.7 Å². The largest absolute Gasteiger partial charge is 0.497 e. The van der Waals surface area contributed by atoms with Gasteiger partial charge in [-0.15, -0.1) is 0 Å². The lowest BCUT2D eigenvalue weighted by Gasteiger charge is -2.27. The van der Waals surface area contributed by atoms with Crippen molar-refractivity contribution in [2.24, 2.45) is 5.92 Å². The number of hydrogen-bond donors (Lipinski definition) is 6. The van der Waals surface area contributed by atoms with Gasteiger partial charge in [0.2, 0.25) is 11.8 Å². The van der Waals surface area contributed by atoms with Crippen molar-refractivity contribution in [1.29, 1.82) is 0 Å². The molecule has 1 unspecified atom stereocenters. The van der Waals surface area contributed by atoms with Gasteiger partial charge >= 0.3 is 13.6 Å². The van der Waals surface area contributed by atoms with Crippen molar-refractivity contribution in [2.45, 2.75) is 64.4 Å². The summed E-state index contributed by atoms with van der Waals surface area (Å²) in [6.45, 7) is 6.27. The molecule has 33 heavy (non-hydrogen) atoms. The van der Waals surface area contributed by atoms with E-state index >= 15 is 0 Å². The minimum atomic E-state index is -4.49. The Labute approximate surface area is 193 Å². The fourth-order valence-corrected chi connectivity index (χ4v) is 3.34. The molecule has 1 aromatic rings. The average molecular weight is 487 g/mol. The number of carbonyl (C=O) groups excluding carboxylic acids is 2. The van der Waals surface area contributed by atoms with Crippen LogP contribution in [0.25, 0.3) is 0 Å². The number of carbonyl (C=O) groups is 3. The number of methoxy groups -OCH3 is 1. The van der Waals surface area contributed by atoms with Crippen LogP contribution in [0.1, 0.15) is 39.7 Å². The van der Waals surface area contributed by atoms with Crippen molar-refractivity contribution in [3.63, 3.8) is 0 Å². The summed E-state index contributed by atoms with van der Waals surface area (Å²) in [6, 6.07) is 3.54. The summed E-state index contributed by atoms with van der Waals surface area (Å²) in [5, 5.41) is 16.7. The molecule has 0 fully saturated rings. The molecular weight excluding hydrogens is 453 g/mol. The van der Waals surface area contributed by atoms with E-state index in [4.69, 9.17) is 9.84 Å². The highest BCUT2D eigenvalue weighted by Crippen LogP contribution is 2.39. The number of ether oxygens (including phenoxy) is 1. The average Bonchev–Trinajstić information content (AvgIpc) is 2.71. The Morgan fingerprint density at radius 3 is 1.97 bits per heavy atom.